The third-order valence-electron chi connectivity index (χ3n) is 4.74. The predicted molar refractivity (Wildman–Crippen MR) is 101 cm³/mol. The van der Waals surface area contributed by atoms with Crippen LogP contribution in [0, 0.1) is 11.6 Å². The Bertz CT molecular complexity index is 1080. The first-order chi connectivity index (χ1) is 13.0. The molecule has 0 spiro atoms. The van der Waals surface area contributed by atoms with Crippen molar-refractivity contribution < 1.29 is 8.78 Å². The molecule has 0 N–H and O–H groups in total. The molecule has 2 aromatic heterocycles. The summed E-state index contributed by atoms with van der Waals surface area (Å²) in [5, 5.41) is 9.63. The van der Waals surface area contributed by atoms with Crippen LogP contribution in [0.3, 0.4) is 0 Å². The number of halogens is 3. The molecule has 0 amide bonds. The number of aromatic nitrogens is 5. The normalized spacial score (nSPS) is 13.8. The lowest BCUT2D eigenvalue weighted by molar-refractivity contribution is 0.357. The van der Waals surface area contributed by atoms with Crippen molar-refractivity contribution in [3.05, 3.63) is 76.9 Å². The summed E-state index contributed by atoms with van der Waals surface area (Å²) < 4.78 is 32.5. The molecule has 1 unspecified atom stereocenters. The smallest absolute Gasteiger partial charge is 0.137 e. The second kappa shape index (κ2) is 7.19. The average molecular weight is 432 g/mol. The molecular weight excluding hydrogens is 416 g/mol. The molecular formula is C19H16BrF2N5. The Labute approximate surface area is 162 Å². The van der Waals surface area contributed by atoms with E-state index in [0.717, 1.165) is 21.4 Å². The second-order valence-electron chi connectivity index (χ2n) is 6.42. The second-order valence-corrected chi connectivity index (χ2v) is 7.34. The van der Waals surface area contributed by atoms with Crippen LogP contribution in [0.15, 0.2) is 59.7 Å². The topological polar surface area (TPSA) is 48.5 Å². The van der Waals surface area contributed by atoms with Crippen molar-refractivity contribution in [3.8, 4) is 0 Å². The summed E-state index contributed by atoms with van der Waals surface area (Å²) in [5.74, 6) is -1.50. The van der Waals surface area contributed by atoms with Crippen molar-refractivity contribution in [3.63, 3.8) is 0 Å². The minimum Gasteiger partial charge on any atom is -0.261 e. The highest BCUT2D eigenvalue weighted by Crippen LogP contribution is 2.34. The Hall–Kier alpha value is -2.61. The van der Waals surface area contributed by atoms with Gasteiger partial charge in [-0.25, -0.2) is 13.8 Å². The number of fused-ring (bicyclic) bond motifs is 1. The highest BCUT2D eigenvalue weighted by Gasteiger charge is 2.26. The molecule has 2 aromatic carbocycles. The molecule has 0 radical (unpaired) electrons. The summed E-state index contributed by atoms with van der Waals surface area (Å²) in [6.45, 7) is 2.36. The lowest BCUT2D eigenvalue weighted by atomic mass is 9.91. The quantitative estimate of drug-likeness (QED) is 0.459. The van der Waals surface area contributed by atoms with Crippen LogP contribution < -0.4 is 0 Å². The Morgan fingerprint density at radius 3 is 2.70 bits per heavy atom. The van der Waals surface area contributed by atoms with Crippen LogP contribution in [0.2, 0.25) is 0 Å². The van der Waals surface area contributed by atoms with Crippen LogP contribution in [-0.4, -0.2) is 24.5 Å². The van der Waals surface area contributed by atoms with Crippen molar-refractivity contribution in [2.75, 3.05) is 0 Å². The predicted octanol–water partition coefficient (Wildman–Crippen LogP) is 4.71. The zero-order chi connectivity index (χ0) is 19.0. The van der Waals surface area contributed by atoms with E-state index in [0.29, 0.717) is 12.1 Å². The molecule has 8 heteroatoms. The third kappa shape index (κ3) is 3.49. The molecule has 2 heterocycles. The first-order valence-electron chi connectivity index (χ1n) is 8.43. The van der Waals surface area contributed by atoms with Crippen LogP contribution in [0.5, 0.6) is 0 Å². The molecule has 27 heavy (non-hydrogen) atoms. The first kappa shape index (κ1) is 17.8. The fourth-order valence-corrected chi connectivity index (χ4v) is 3.74. The van der Waals surface area contributed by atoms with Gasteiger partial charge in [0.1, 0.15) is 24.3 Å². The molecule has 138 valence electrons. The van der Waals surface area contributed by atoms with Gasteiger partial charge in [0, 0.05) is 21.8 Å². The monoisotopic (exact) mass is 431 g/mol. The maximum atomic E-state index is 14.6. The van der Waals surface area contributed by atoms with E-state index < -0.39 is 11.6 Å². The lowest BCUT2D eigenvalue weighted by Gasteiger charge is -2.26. The van der Waals surface area contributed by atoms with E-state index in [1.54, 1.807) is 17.2 Å². The van der Waals surface area contributed by atoms with E-state index in [4.69, 9.17) is 0 Å². The zero-order valence-corrected chi connectivity index (χ0v) is 16.0. The van der Waals surface area contributed by atoms with Crippen LogP contribution >= 0.6 is 15.9 Å². The van der Waals surface area contributed by atoms with E-state index in [1.165, 1.54) is 18.5 Å². The molecule has 0 aliphatic carbocycles. The summed E-state index contributed by atoms with van der Waals surface area (Å²) in [6.07, 6.45) is 4.80. The number of hydrogen-bond acceptors (Lipinski definition) is 3. The highest BCUT2D eigenvalue weighted by atomic mass is 79.9. The Balaban J connectivity index is 1.79. The van der Waals surface area contributed by atoms with E-state index in [-0.39, 0.29) is 12.0 Å². The van der Waals surface area contributed by atoms with Crippen molar-refractivity contribution in [1.29, 1.82) is 0 Å². The van der Waals surface area contributed by atoms with Crippen LogP contribution in [0.4, 0.5) is 8.78 Å². The van der Waals surface area contributed by atoms with Crippen LogP contribution in [0.1, 0.15) is 24.4 Å². The molecule has 0 aliphatic rings. The van der Waals surface area contributed by atoms with Gasteiger partial charge in [-0.2, -0.15) is 10.2 Å². The van der Waals surface area contributed by atoms with Crippen molar-refractivity contribution in [2.45, 2.75) is 25.4 Å². The molecule has 5 nitrogen and oxygen atoms in total. The summed E-state index contributed by atoms with van der Waals surface area (Å²) >= 11 is 3.46. The minimum absolute atomic E-state index is 0.201. The summed E-state index contributed by atoms with van der Waals surface area (Å²) in [7, 11) is 0. The van der Waals surface area contributed by atoms with Gasteiger partial charge < -0.3 is 0 Å². The minimum atomic E-state index is -0.599. The zero-order valence-electron chi connectivity index (χ0n) is 14.4. The maximum Gasteiger partial charge on any atom is 0.137 e. The highest BCUT2D eigenvalue weighted by molar-refractivity contribution is 9.10. The Morgan fingerprint density at radius 2 is 1.96 bits per heavy atom. The number of rotatable bonds is 5. The van der Waals surface area contributed by atoms with Crippen molar-refractivity contribution in [2.24, 2.45) is 0 Å². The first-order valence-corrected chi connectivity index (χ1v) is 9.22. The van der Waals surface area contributed by atoms with E-state index in [2.05, 4.69) is 31.1 Å². The largest absolute Gasteiger partial charge is 0.261 e. The Kier molecular flexibility index (Phi) is 4.73. The van der Waals surface area contributed by atoms with Gasteiger partial charge in [0.05, 0.1) is 24.3 Å². The van der Waals surface area contributed by atoms with Gasteiger partial charge in [0.25, 0.3) is 0 Å². The summed E-state index contributed by atoms with van der Waals surface area (Å²) in [4.78, 5) is 3.96. The SMILES string of the molecule is C[C@H](C(Cn1cncn1)c1ccc(F)cc1F)n1ncc2cc(Br)ccc21. The van der Waals surface area contributed by atoms with Gasteiger partial charge >= 0.3 is 0 Å². The average Bonchev–Trinajstić information content (AvgIpc) is 3.29. The summed E-state index contributed by atoms with van der Waals surface area (Å²) in [6, 6.07) is 9.37. The number of nitrogens with zero attached hydrogens (tertiary/aromatic N) is 5. The van der Waals surface area contributed by atoms with Crippen LogP contribution in [-0.2, 0) is 6.54 Å². The van der Waals surface area contributed by atoms with Gasteiger partial charge in [-0.05, 0) is 36.8 Å². The fourth-order valence-electron chi connectivity index (χ4n) is 3.36. The molecule has 0 saturated carbocycles. The third-order valence-corrected chi connectivity index (χ3v) is 5.23. The van der Waals surface area contributed by atoms with Gasteiger partial charge in [0.2, 0.25) is 0 Å². The van der Waals surface area contributed by atoms with E-state index in [9.17, 15) is 8.78 Å². The lowest BCUT2D eigenvalue weighted by Crippen LogP contribution is -2.22. The standard InChI is InChI=1S/C19H16BrF2N5/c1-12(27-19-5-2-14(20)6-13(19)8-24-27)17(9-26-11-23-10-25-26)16-4-3-15(21)7-18(16)22/h2-8,10-12,17H,9H2,1H3/t12-,17?/m1/s1. The molecule has 4 rings (SSSR count). The number of benzene rings is 2. The van der Waals surface area contributed by atoms with Gasteiger partial charge in [0.15, 0.2) is 0 Å². The fraction of sp³-hybridized carbons (Fsp3) is 0.211. The van der Waals surface area contributed by atoms with Gasteiger partial charge in [-0.3, -0.25) is 9.36 Å². The number of hydrogen-bond donors (Lipinski definition) is 0. The van der Waals surface area contributed by atoms with Gasteiger partial charge in [-0.1, -0.05) is 22.0 Å². The summed E-state index contributed by atoms with van der Waals surface area (Å²) in [5.41, 5.74) is 1.36. The Morgan fingerprint density at radius 1 is 1.11 bits per heavy atom. The van der Waals surface area contributed by atoms with Crippen molar-refractivity contribution in [1.82, 2.24) is 24.5 Å². The molecule has 0 bridgehead atoms. The molecule has 0 fully saturated rings. The maximum absolute atomic E-state index is 14.6. The molecule has 2 atom stereocenters. The van der Waals surface area contributed by atoms with E-state index >= 15 is 0 Å². The van der Waals surface area contributed by atoms with Crippen molar-refractivity contribution >= 4 is 26.8 Å². The van der Waals surface area contributed by atoms with Crippen LogP contribution in [0.25, 0.3) is 10.9 Å². The van der Waals surface area contributed by atoms with Gasteiger partial charge in [-0.15, -0.1) is 0 Å². The van der Waals surface area contributed by atoms with E-state index in [1.807, 2.05) is 29.8 Å². The molecule has 0 aliphatic heterocycles. The molecule has 4 aromatic rings. The molecule has 0 saturated heterocycles.